The highest BCUT2D eigenvalue weighted by Gasteiger charge is 2.34. The maximum absolute atomic E-state index is 12.7. The number of hydrogen-bond donors (Lipinski definition) is 0. The number of thioether (sulfide) groups is 1. The van der Waals surface area contributed by atoms with Crippen LogP contribution in [0.25, 0.3) is 6.08 Å². The van der Waals surface area contributed by atoms with Crippen LogP contribution in [0.4, 0.5) is 0 Å². The summed E-state index contributed by atoms with van der Waals surface area (Å²) in [7, 11) is 2.97. The predicted molar refractivity (Wildman–Crippen MR) is 117 cm³/mol. The minimum Gasteiger partial charge on any atom is -0.497 e. The Balaban J connectivity index is 1.70. The largest absolute Gasteiger partial charge is 0.497 e. The van der Waals surface area contributed by atoms with Crippen LogP contribution in [-0.2, 0) is 9.59 Å². The van der Waals surface area contributed by atoms with Gasteiger partial charge in [0.25, 0.3) is 5.91 Å². The number of esters is 1. The molecule has 0 aromatic heterocycles. The van der Waals surface area contributed by atoms with Gasteiger partial charge in [-0.2, -0.15) is 0 Å². The van der Waals surface area contributed by atoms with E-state index in [1.54, 1.807) is 25.3 Å². The molecule has 9 heteroatoms. The number of benzene rings is 2. The third kappa shape index (κ3) is 4.87. The second-order valence-corrected chi connectivity index (χ2v) is 7.72. The Hall–Kier alpha value is -3.17. The molecule has 1 saturated heterocycles. The molecule has 1 aliphatic rings. The lowest BCUT2D eigenvalue weighted by Gasteiger charge is -2.14. The van der Waals surface area contributed by atoms with Crippen molar-refractivity contribution in [3.63, 3.8) is 0 Å². The van der Waals surface area contributed by atoms with E-state index in [1.807, 2.05) is 12.1 Å². The number of ether oxygens (including phenoxy) is 3. The van der Waals surface area contributed by atoms with Crippen molar-refractivity contribution in [1.82, 2.24) is 4.90 Å². The van der Waals surface area contributed by atoms with Gasteiger partial charge in [-0.15, -0.1) is 0 Å². The molecule has 30 heavy (non-hydrogen) atoms. The molecule has 0 radical (unpaired) electrons. The summed E-state index contributed by atoms with van der Waals surface area (Å²) >= 11 is 6.36. The number of carbonyl (C=O) groups excluding carboxylic acids is 3. The van der Waals surface area contributed by atoms with Crippen molar-refractivity contribution in [3.05, 3.63) is 58.5 Å². The van der Waals surface area contributed by atoms with Gasteiger partial charge in [0.05, 0.1) is 19.1 Å². The SMILES string of the molecule is COc1ccc(/C=C2\SC(=S)N(CC(=O)Oc3ccc(C=O)cc3OC)C2=O)cc1. The highest BCUT2D eigenvalue weighted by molar-refractivity contribution is 8.26. The van der Waals surface area contributed by atoms with Crippen molar-refractivity contribution >= 4 is 52.5 Å². The van der Waals surface area contributed by atoms with E-state index >= 15 is 0 Å². The number of carbonyl (C=O) groups is 3. The summed E-state index contributed by atoms with van der Waals surface area (Å²) in [6.45, 7) is -0.344. The van der Waals surface area contributed by atoms with Gasteiger partial charge in [0, 0.05) is 5.56 Å². The third-order valence-electron chi connectivity index (χ3n) is 4.12. The van der Waals surface area contributed by atoms with Gasteiger partial charge < -0.3 is 14.2 Å². The van der Waals surface area contributed by atoms with E-state index in [-0.39, 0.29) is 28.3 Å². The molecule has 1 aliphatic heterocycles. The molecular formula is C21H17NO6S2. The summed E-state index contributed by atoms with van der Waals surface area (Å²) in [5.74, 6) is 0.0271. The van der Waals surface area contributed by atoms with Gasteiger partial charge in [0.15, 0.2) is 11.5 Å². The second kappa shape index (κ2) is 9.55. The van der Waals surface area contributed by atoms with Crippen molar-refractivity contribution in [2.75, 3.05) is 20.8 Å². The number of thiocarbonyl (C=S) groups is 1. The van der Waals surface area contributed by atoms with Crippen LogP contribution in [0.3, 0.4) is 0 Å². The fraction of sp³-hybridized carbons (Fsp3) is 0.143. The predicted octanol–water partition coefficient (Wildman–Crippen LogP) is 3.32. The molecule has 1 fully saturated rings. The first-order valence-electron chi connectivity index (χ1n) is 8.68. The van der Waals surface area contributed by atoms with E-state index < -0.39 is 5.97 Å². The molecule has 0 saturated carbocycles. The average Bonchev–Trinajstić information content (AvgIpc) is 3.01. The highest BCUT2D eigenvalue weighted by Crippen LogP contribution is 2.33. The minimum atomic E-state index is -0.686. The Bertz CT molecular complexity index is 1030. The molecule has 1 amide bonds. The molecule has 0 aliphatic carbocycles. The summed E-state index contributed by atoms with van der Waals surface area (Å²) < 4.78 is 15.8. The quantitative estimate of drug-likeness (QED) is 0.212. The van der Waals surface area contributed by atoms with Crippen molar-refractivity contribution < 1.29 is 28.6 Å². The topological polar surface area (TPSA) is 82.1 Å². The van der Waals surface area contributed by atoms with E-state index in [4.69, 9.17) is 26.4 Å². The van der Waals surface area contributed by atoms with Gasteiger partial charge in [-0.1, -0.05) is 36.1 Å². The van der Waals surface area contributed by atoms with Crippen LogP contribution in [0, 0.1) is 0 Å². The van der Waals surface area contributed by atoms with E-state index in [2.05, 4.69) is 0 Å². The van der Waals surface area contributed by atoms with E-state index in [1.165, 1.54) is 30.2 Å². The zero-order valence-corrected chi connectivity index (χ0v) is 17.7. The number of hydrogen-bond acceptors (Lipinski definition) is 8. The first-order chi connectivity index (χ1) is 14.4. The first-order valence-corrected chi connectivity index (χ1v) is 9.91. The Kier molecular flexibility index (Phi) is 6.86. The van der Waals surface area contributed by atoms with E-state index in [0.717, 1.165) is 17.3 Å². The zero-order valence-electron chi connectivity index (χ0n) is 16.1. The van der Waals surface area contributed by atoms with Crippen LogP contribution in [0.5, 0.6) is 17.2 Å². The number of amides is 1. The molecule has 154 valence electrons. The molecule has 0 atom stereocenters. The molecule has 0 N–H and O–H groups in total. The molecule has 2 aromatic rings. The second-order valence-electron chi connectivity index (χ2n) is 6.04. The molecule has 1 heterocycles. The van der Waals surface area contributed by atoms with Gasteiger partial charge in [0.2, 0.25) is 0 Å². The Morgan fingerprint density at radius 3 is 2.40 bits per heavy atom. The van der Waals surface area contributed by atoms with Crippen LogP contribution in [0.15, 0.2) is 47.4 Å². The zero-order chi connectivity index (χ0) is 21.7. The Morgan fingerprint density at radius 1 is 1.07 bits per heavy atom. The van der Waals surface area contributed by atoms with Gasteiger partial charge in [-0.05, 0) is 42.0 Å². The summed E-state index contributed by atoms with van der Waals surface area (Å²) in [6.07, 6.45) is 2.36. The summed E-state index contributed by atoms with van der Waals surface area (Å²) in [5, 5.41) is 0. The molecule has 2 aromatic carbocycles. The molecular weight excluding hydrogens is 426 g/mol. The average molecular weight is 444 g/mol. The van der Waals surface area contributed by atoms with Gasteiger partial charge in [-0.25, -0.2) is 4.79 Å². The molecule has 0 bridgehead atoms. The van der Waals surface area contributed by atoms with Gasteiger partial charge >= 0.3 is 5.97 Å². The number of nitrogens with zero attached hydrogens (tertiary/aromatic N) is 1. The Morgan fingerprint density at radius 2 is 1.77 bits per heavy atom. The lowest BCUT2D eigenvalue weighted by molar-refractivity contribution is -0.138. The van der Waals surface area contributed by atoms with Crippen LogP contribution in [0.1, 0.15) is 15.9 Å². The van der Waals surface area contributed by atoms with Gasteiger partial charge in [-0.3, -0.25) is 14.5 Å². The molecule has 3 rings (SSSR count). The highest BCUT2D eigenvalue weighted by atomic mass is 32.2. The Labute approximate surface area is 182 Å². The maximum Gasteiger partial charge on any atom is 0.331 e. The smallest absolute Gasteiger partial charge is 0.331 e. The normalized spacial score (nSPS) is 14.7. The fourth-order valence-electron chi connectivity index (χ4n) is 2.61. The third-order valence-corrected chi connectivity index (χ3v) is 5.50. The minimum absolute atomic E-state index is 0.146. The van der Waals surface area contributed by atoms with E-state index in [0.29, 0.717) is 22.5 Å². The van der Waals surface area contributed by atoms with E-state index in [9.17, 15) is 14.4 Å². The number of rotatable bonds is 7. The monoisotopic (exact) mass is 443 g/mol. The molecule has 7 nitrogen and oxygen atoms in total. The summed E-state index contributed by atoms with van der Waals surface area (Å²) in [5.41, 5.74) is 1.19. The van der Waals surface area contributed by atoms with Crippen LogP contribution >= 0.6 is 24.0 Å². The summed E-state index contributed by atoms with van der Waals surface area (Å²) in [4.78, 5) is 37.5. The first kappa shape index (κ1) is 21.5. The van der Waals surface area contributed by atoms with Crippen LogP contribution < -0.4 is 14.2 Å². The van der Waals surface area contributed by atoms with Gasteiger partial charge in [0.1, 0.15) is 22.9 Å². The molecule has 0 spiro atoms. The van der Waals surface area contributed by atoms with Crippen molar-refractivity contribution in [3.8, 4) is 17.2 Å². The molecule has 0 unspecified atom stereocenters. The lowest BCUT2D eigenvalue weighted by Crippen LogP contribution is -2.35. The van der Waals surface area contributed by atoms with Crippen molar-refractivity contribution in [1.29, 1.82) is 0 Å². The van der Waals surface area contributed by atoms with Crippen molar-refractivity contribution in [2.45, 2.75) is 0 Å². The van der Waals surface area contributed by atoms with Crippen LogP contribution in [0.2, 0.25) is 0 Å². The standard InChI is InChI=1S/C21H17NO6S2/c1-26-15-6-3-13(4-7-15)10-18-20(25)22(21(29)30-18)11-19(24)28-16-8-5-14(12-23)9-17(16)27-2/h3-10,12H,11H2,1-2H3/b18-10-. The number of aldehydes is 1. The maximum atomic E-state index is 12.7. The fourth-order valence-corrected chi connectivity index (χ4v) is 3.87. The van der Waals surface area contributed by atoms with Crippen molar-refractivity contribution in [2.24, 2.45) is 0 Å². The summed E-state index contributed by atoms with van der Waals surface area (Å²) in [6, 6.07) is 11.6. The number of methoxy groups -OCH3 is 2. The van der Waals surface area contributed by atoms with Crippen LogP contribution in [-0.4, -0.2) is 48.1 Å². The lowest BCUT2D eigenvalue weighted by atomic mass is 10.2.